The zero-order valence-corrected chi connectivity index (χ0v) is 40.4. The van der Waals surface area contributed by atoms with Crippen LogP contribution in [0.25, 0.3) is 0 Å². The summed E-state index contributed by atoms with van der Waals surface area (Å²) in [6.45, 7) is -0.933. The number of carboxylic acids is 1. The number of nitrogens with two attached hydrogens (primary N) is 5. The molecule has 0 aliphatic carbocycles. The van der Waals surface area contributed by atoms with Gasteiger partial charge in [0.2, 0.25) is 65.0 Å². The lowest BCUT2D eigenvalue weighted by atomic mass is 10.0. The van der Waals surface area contributed by atoms with Gasteiger partial charge >= 0.3 is 5.97 Å². The van der Waals surface area contributed by atoms with Gasteiger partial charge in [0.15, 0.2) is 0 Å². The number of primary amides is 3. The number of rotatable bonds is 33. The third-order valence-electron chi connectivity index (χ3n) is 10.8. The number of aromatic amines is 1. The molecule has 71 heavy (non-hydrogen) atoms. The number of hydrogen-bond donors (Lipinski definition) is 17. The average Bonchev–Trinajstić information content (AvgIpc) is 4.04. The molecule has 1 aliphatic heterocycles. The van der Waals surface area contributed by atoms with Gasteiger partial charge in [0.25, 0.3) is 0 Å². The Bertz CT molecular complexity index is 2050. The van der Waals surface area contributed by atoms with Crippen molar-refractivity contribution < 1.29 is 67.7 Å². The summed E-state index contributed by atoms with van der Waals surface area (Å²) in [5.41, 5.74) is 27.6. The van der Waals surface area contributed by atoms with Gasteiger partial charge in [0.05, 0.1) is 25.4 Å². The van der Waals surface area contributed by atoms with Crippen molar-refractivity contribution in [2.45, 2.75) is 125 Å². The molecule has 1 aromatic heterocycles. The number of amides is 11. The Morgan fingerprint density at radius 1 is 0.676 bits per heavy atom. The summed E-state index contributed by atoms with van der Waals surface area (Å²) >= 11 is 7.88. The molecule has 0 spiro atoms. The van der Waals surface area contributed by atoms with Crippen molar-refractivity contribution in [3.63, 3.8) is 0 Å². The molecule has 0 aromatic carbocycles. The summed E-state index contributed by atoms with van der Waals surface area (Å²) in [6.07, 6.45) is 0.980. The fraction of sp³-hybridized carbons (Fsp3) is 0.625. The fourth-order valence-corrected chi connectivity index (χ4v) is 7.38. The number of thiol groups is 2. The first kappa shape index (κ1) is 60.6. The molecule has 2 rings (SSSR count). The molecule has 396 valence electrons. The van der Waals surface area contributed by atoms with E-state index < -0.39 is 164 Å². The zero-order valence-electron chi connectivity index (χ0n) is 38.6. The van der Waals surface area contributed by atoms with Crippen molar-refractivity contribution in [3.8, 4) is 0 Å². The minimum absolute atomic E-state index is 0.0104. The van der Waals surface area contributed by atoms with Gasteiger partial charge in [-0.25, -0.2) is 9.78 Å². The summed E-state index contributed by atoms with van der Waals surface area (Å²) < 4.78 is 0. The van der Waals surface area contributed by atoms with Crippen LogP contribution in [0, 0.1) is 0 Å². The van der Waals surface area contributed by atoms with Gasteiger partial charge in [-0.1, -0.05) is 0 Å². The number of carbonyl (C=O) groups is 12. The van der Waals surface area contributed by atoms with Gasteiger partial charge in [0, 0.05) is 49.2 Å². The van der Waals surface area contributed by atoms with E-state index in [0.29, 0.717) is 18.5 Å². The Morgan fingerprint density at radius 3 is 1.73 bits per heavy atom. The van der Waals surface area contributed by atoms with E-state index in [1.165, 1.54) is 12.5 Å². The highest BCUT2D eigenvalue weighted by atomic mass is 32.1. The van der Waals surface area contributed by atoms with Crippen molar-refractivity contribution in [1.29, 1.82) is 0 Å². The van der Waals surface area contributed by atoms with Gasteiger partial charge in [-0.05, 0) is 51.5 Å². The highest BCUT2D eigenvalue weighted by molar-refractivity contribution is 7.80. The summed E-state index contributed by atoms with van der Waals surface area (Å²) in [7, 11) is 0. The first-order valence-electron chi connectivity index (χ1n) is 22.3. The molecule has 0 bridgehead atoms. The first-order chi connectivity index (χ1) is 33.6. The van der Waals surface area contributed by atoms with Crippen molar-refractivity contribution in [1.82, 2.24) is 52.1 Å². The van der Waals surface area contributed by atoms with Gasteiger partial charge in [-0.2, -0.15) is 25.3 Å². The molecule has 11 amide bonds. The van der Waals surface area contributed by atoms with Gasteiger partial charge < -0.3 is 86.0 Å². The molecule has 20 N–H and O–H groups in total. The third kappa shape index (κ3) is 20.7. The van der Waals surface area contributed by atoms with E-state index in [9.17, 15) is 67.7 Å². The van der Waals surface area contributed by atoms with Crippen LogP contribution in [0.3, 0.4) is 0 Å². The quantitative estimate of drug-likeness (QED) is 0.0230. The number of imidazole rings is 1. The molecule has 9 atom stereocenters. The molecular weight excluding hydrogens is 979 g/mol. The standard InChI is InChI=1S/C40H65N15O14S2/c41-10-2-1-4-21(33(61)52-24(12-19-14-46-18-47-19)35(63)54-27(17-71)40(68)69)49-38(66)28-5-3-11-55(28)39(67)23(7-9-30(44)58)50-37(65)26(15-56)53-34(62)22(6-8-29(43)57)48-36(64)25(13-31(45)59)51-32(60)20(42)16-70/h14,18,20-28,56,70-71H,1-13,15-17,41-42H2,(H2,43,57)(H2,44,58)(H2,45,59)(H,46,47)(H,48,64)(H,49,66)(H,50,65)(H,51,60)(H,52,61)(H,53,62)(H,54,63)(H,68,69)/t20-,21-,22-,23-,24-,25-,26-,27-,28-/m0/s1. The average molecular weight is 1040 g/mol. The molecule has 1 saturated heterocycles. The monoisotopic (exact) mass is 1040 g/mol. The molecule has 1 aliphatic rings. The van der Waals surface area contributed by atoms with E-state index in [0.717, 1.165) is 4.90 Å². The maximum absolute atomic E-state index is 14.2. The van der Waals surface area contributed by atoms with Crippen LogP contribution >= 0.6 is 25.3 Å². The summed E-state index contributed by atoms with van der Waals surface area (Å²) in [4.78, 5) is 163. The van der Waals surface area contributed by atoms with Crippen LogP contribution in [0.15, 0.2) is 12.5 Å². The van der Waals surface area contributed by atoms with E-state index in [-0.39, 0.29) is 50.3 Å². The molecule has 0 unspecified atom stereocenters. The number of aliphatic hydroxyl groups excluding tert-OH is 1. The van der Waals surface area contributed by atoms with Crippen LogP contribution in [-0.2, 0) is 64.0 Å². The Balaban J connectivity index is 2.35. The SMILES string of the molecule is NCCCC[C@H](NC(=O)[C@@H]1CCCN1C(=O)[C@H](CCC(N)=O)NC(=O)[C@H](CO)NC(=O)[C@H](CCC(N)=O)NC(=O)[C@H](CC(N)=O)NC(=O)[C@@H](N)CS)C(=O)N[C@@H](Cc1cnc[nH]1)C(=O)N[C@@H](CS)C(=O)O. The Kier molecular flexibility index (Phi) is 26.4. The molecule has 0 radical (unpaired) electrons. The number of aliphatic carboxylic acids is 1. The maximum atomic E-state index is 14.2. The predicted octanol–water partition coefficient (Wildman–Crippen LogP) is -7.86. The van der Waals surface area contributed by atoms with E-state index in [2.05, 4.69) is 72.4 Å². The second-order valence-electron chi connectivity index (χ2n) is 16.4. The number of nitrogens with zero attached hydrogens (tertiary/aromatic N) is 2. The lowest BCUT2D eigenvalue weighted by Gasteiger charge is -2.31. The lowest BCUT2D eigenvalue weighted by molar-refractivity contribution is -0.143. The number of likely N-dealkylation sites (tertiary alicyclic amines) is 1. The van der Waals surface area contributed by atoms with Crippen LogP contribution in [0.2, 0.25) is 0 Å². The van der Waals surface area contributed by atoms with Crippen molar-refractivity contribution in [3.05, 3.63) is 18.2 Å². The molecular formula is C40H65N15O14S2. The van der Waals surface area contributed by atoms with Gasteiger partial charge in [0.1, 0.15) is 48.3 Å². The first-order valence-corrected chi connectivity index (χ1v) is 23.6. The smallest absolute Gasteiger partial charge is 0.327 e. The molecule has 2 heterocycles. The number of carboxylic acid groups (broad SMARTS) is 1. The topological polar surface area (TPSA) is 492 Å². The second kappa shape index (κ2) is 30.9. The van der Waals surface area contributed by atoms with E-state index in [4.69, 9.17) is 28.7 Å². The van der Waals surface area contributed by atoms with Crippen LogP contribution < -0.4 is 65.9 Å². The number of nitrogens with one attached hydrogen (secondary N) is 8. The molecule has 1 aromatic rings. The Morgan fingerprint density at radius 2 is 1.20 bits per heavy atom. The number of carbonyl (C=O) groups excluding carboxylic acids is 11. The van der Waals surface area contributed by atoms with Crippen molar-refractivity contribution in [2.75, 3.05) is 31.2 Å². The maximum Gasteiger partial charge on any atom is 0.327 e. The van der Waals surface area contributed by atoms with Gasteiger partial charge in [-0.15, -0.1) is 0 Å². The molecule has 1 fully saturated rings. The second-order valence-corrected chi connectivity index (χ2v) is 17.1. The highest BCUT2D eigenvalue weighted by Gasteiger charge is 2.40. The zero-order chi connectivity index (χ0) is 53.4. The molecule has 0 saturated carbocycles. The molecule has 29 nitrogen and oxygen atoms in total. The van der Waals surface area contributed by atoms with E-state index in [1.54, 1.807) is 0 Å². The van der Waals surface area contributed by atoms with Crippen molar-refractivity contribution >= 4 is 96.2 Å². The summed E-state index contributed by atoms with van der Waals surface area (Å²) in [6, 6.07) is -13.4. The number of unbranched alkanes of at least 4 members (excludes halogenated alkanes) is 1. The minimum atomic E-state index is -1.87. The Hall–Kier alpha value is -6.57. The molecule has 31 heteroatoms. The summed E-state index contributed by atoms with van der Waals surface area (Å²) in [5, 5.41) is 36.2. The van der Waals surface area contributed by atoms with Crippen LogP contribution in [0.5, 0.6) is 0 Å². The largest absolute Gasteiger partial charge is 0.480 e. The fourth-order valence-electron chi connectivity index (χ4n) is 6.97. The van der Waals surface area contributed by atoms with Crippen LogP contribution in [-0.4, -0.2) is 182 Å². The Labute approximate surface area is 418 Å². The predicted molar refractivity (Wildman–Crippen MR) is 255 cm³/mol. The summed E-state index contributed by atoms with van der Waals surface area (Å²) in [5.74, 6) is -12.5. The normalized spacial score (nSPS) is 16.5. The van der Waals surface area contributed by atoms with Crippen LogP contribution in [0.1, 0.15) is 69.9 Å². The highest BCUT2D eigenvalue weighted by Crippen LogP contribution is 2.21. The number of H-pyrrole nitrogens is 1. The third-order valence-corrected chi connectivity index (χ3v) is 11.6. The minimum Gasteiger partial charge on any atom is -0.480 e. The number of aliphatic hydroxyl groups is 1. The van der Waals surface area contributed by atoms with Gasteiger partial charge in [-0.3, -0.25) is 52.7 Å². The van der Waals surface area contributed by atoms with E-state index in [1.807, 2.05) is 0 Å². The van der Waals surface area contributed by atoms with Crippen LogP contribution in [0.4, 0.5) is 0 Å². The van der Waals surface area contributed by atoms with E-state index >= 15 is 0 Å². The lowest BCUT2D eigenvalue weighted by Crippen LogP contribution is -2.61. The number of hydrogen-bond acceptors (Lipinski definition) is 18. The number of aromatic nitrogens is 2. The van der Waals surface area contributed by atoms with Crippen molar-refractivity contribution in [2.24, 2.45) is 28.7 Å².